The zero-order valence-electron chi connectivity index (χ0n) is 14.2. The van der Waals surface area contributed by atoms with Gasteiger partial charge in [0.2, 0.25) is 11.8 Å². The molecule has 1 heterocycles. The van der Waals surface area contributed by atoms with Crippen molar-refractivity contribution in [1.29, 1.82) is 0 Å². The maximum Gasteiger partial charge on any atom is 0.319 e. The highest BCUT2D eigenvalue weighted by Gasteiger charge is 2.50. The van der Waals surface area contributed by atoms with Crippen molar-refractivity contribution in [3.8, 4) is 0 Å². The molecule has 2 amide bonds. The number of hydrogen-bond donors (Lipinski definition) is 1. The molecule has 1 N–H and O–H groups in total. The number of likely N-dealkylation sites (tertiary alicyclic amines) is 1. The van der Waals surface area contributed by atoms with Crippen LogP contribution in [0.1, 0.15) is 24.8 Å². The van der Waals surface area contributed by atoms with Crippen LogP contribution in [0.5, 0.6) is 0 Å². The van der Waals surface area contributed by atoms with Gasteiger partial charge in [-0.3, -0.25) is 14.4 Å². The van der Waals surface area contributed by atoms with E-state index in [0.717, 1.165) is 5.56 Å². The van der Waals surface area contributed by atoms with Crippen LogP contribution in [-0.4, -0.2) is 52.3 Å². The Balaban J connectivity index is 1.71. The predicted molar refractivity (Wildman–Crippen MR) is 91.5 cm³/mol. The van der Waals surface area contributed by atoms with E-state index in [0.29, 0.717) is 19.5 Å². The fourth-order valence-electron chi connectivity index (χ4n) is 3.61. The fraction of sp³-hybridized carbons (Fsp3) is 0.421. The standard InChI is InChI=1S/C19H22N2O4/c1-20(17(23)19(18(24)25)10-5-6-11-19)15-9-12-21(16(15)22)13-14-7-3-2-4-8-14/h2-8,15H,9-13H2,1H3,(H,24,25). The van der Waals surface area contributed by atoms with Crippen molar-refractivity contribution in [1.82, 2.24) is 9.80 Å². The largest absolute Gasteiger partial charge is 0.480 e. The number of nitrogens with zero attached hydrogens (tertiary/aromatic N) is 2. The first kappa shape index (κ1) is 17.2. The molecule has 25 heavy (non-hydrogen) atoms. The summed E-state index contributed by atoms with van der Waals surface area (Å²) in [6.07, 6.45) is 4.33. The summed E-state index contributed by atoms with van der Waals surface area (Å²) in [5.41, 5.74) is -0.422. The maximum atomic E-state index is 12.8. The number of rotatable bonds is 5. The van der Waals surface area contributed by atoms with Crippen LogP contribution in [0.25, 0.3) is 0 Å². The van der Waals surface area contributed by atoms with E-state index < -0.39 is 23.3 Å². The summed E-state index contributed by atoms with van der Waals surface area (Å²) in [6.45, 7) is 1.07. The van der Waals surface area contributed by atoms with Crippen LogP contribution in [0.3, 0.4) is 0 Å². The van der Waals surface area contributed by atoms with Gasteiger partial charge in [0.05, 0.1) is 0 Å². The second-order valence-electron chi connectivity index (χ2n) is 6.73. The molecule has 6 nitrogen and oxygen atoms in total. The third kappa shape index (κ3) is 3.04. The molecule has 132 valence electrons. The Bertz CT molecular complexity index is 705. The molecule has 3 rings (SSSR count). The number of carboxylic acid groups (broad SMARTS) is 1. The number of benzene rings is 1. The molecule has 0 aromatic heterocycles. The average Bonchev–Trinajstić information content (AvgIpc) is 3.23. The highest BCUT2D eigenvalue weighted by molar-refractivity contribution is 6.04. The second kappa shape index (κ2) is 6.70. The van der Waals surface area contributed by atoms with Crippen LogP contribution in [0, 0.1) is 5.41 Å². The van der Waals surface area contributed by atoms with Crippen molar-refractivity contribution in [2.45, 2.75) is 31.8 Å². The number of aliphatic carboxylic acids is 1. The zero-order chi connectivity index (χ0) is 18.0. The Morgan fingerprint density at radius 3 is 2.48 bits per heavy atom. The van der Waals surface area contributed by atoms with Gasteiger partial charge in [-0.2, -0.15) is 0 Å². The SMILES string of the molecule is CN(C(=O)C1(C(=O)O)CC=CC1)C1CCN(Cc2ccccc2)C1=O. The summed E-state index contributed by atoms with van der Waals surface area (Å²) in [6, 6.07) is 9.09. The third-order valence-corrected chi connectivity index (χ3v) is 5.19. The van der Waals surface area contributed by atoms with E-state index in [1.165, 1.54) is 4.90 Å². The lowest BCUT2D eigenvalue weighted by Gasteiger charge is -2.31. The van der Waals surface area contributed by atoms with Crippen molar-refractivity contribution >= 4 is 17.8 Å². The molecular weight excluding hydrogens is 320 g/mol. The molecule has 0 bridgehead atoms. The van der Waals surface area contributed by atoms with Crippen LogP contribution in [0.2, 0.25) is 0 Å². The number of amides is 2. The Morgan fingerprint density at radius 1 is 1.24 bits per heavy atom. The minimum Gasteiger partial charge on any atom is -0.480 e. The molecule has 1 aromatic rings. The number of carboxylic acids is 1. The van der Waals surface area contributed by atoms with Crippen molar-refractivity contribution < 1.29 is 19.5 Å². The topological polar surface area (TPSA) is 77.9 Å². The van der Waals surface area contributed by atoms with E-state index in [-0.39, 0.29) is 18.7 Å². The van der Waals surface area contributed by atoms with E-state index in [9.17, 15) is 19.5 Å². The van der Waals surface area contributed by atoms with Gasteiger partial charge in [-0.15, -0.1) is 0 Å². The Labute approximate surface area is 146 Å². The first-order valence-electron chi connectivity index (χ1n) is 8.44. The molecule has 1 saturated heterocycles. The summed E-state index contributed by atoms with van der Waals surface area (Å²) in [7, 11) is 1.54. The van der Waals surface area contributed by atoms with Gasteiger partial charge in [0.1, 0.15) is 6.04 Å². The quantitative estimate of drug-likeness (QED) is 0.652. The normalized spacial score (nSPS) is 21.6. The summed E-state index contributed by atoms with van der Waals surface area (Å²) in [4.78, 5) is 40.3. The molecule has 6 heteroatoms. The highest BCUT2D eigenvalue weighted by Crippen LogP contribution is 2.36. The van der Waals surface area contributed by atoms with E-state index in [1.807, 2.05) is 30.3 Å². The van der Waals surface area contributed by atoms with Crippen LogP contribution < -0.4 is 0 Å². The first-order chi connectivity index (χ1) is 12.0. The summed E-state index contributed by atoms with van der Waals surface area (Å²) in [5.74, 6) is -1.72. The van der Waals surface area contributed by atoms with E-state index in [2.05, 4.69) is 0 Å². The van der Waals surface area contributed by atoms with Crippen molar-refractivity contribution in [3.63, 3.8) is 0 Å². The van der Waals surface area contributed by atoms with Gasteiger partial charge in [-0.05, 0) is 24.8 Å². The van der Waals surface area contributed by atoms with Gasteiger partial charge >= 0.3 is 5.97 Å². The Hall–Kier alpha value is -2.63. The van der Waals surface area contributed by atoms with E-state index in [1.54, 1.807) is 24.1 Å². The molecule has 1 atom stereocenters. The number of carbonyl (C=O) groups is 3. The smallest absolute Gasteiger partial charge is 0.319 e. The molecule has 1 fully saturated rings. The highest BCUT2D eigenvalue weighted by atomic mass is 16.4. The van der Waals surface area contributed by atoms with Crippen molar-refractivity contribution in [3.05, 3.63) is 48.0 Å². The van der Waals surface area contributed by atoms with Gasteiger partial charge in [0.15, 0.2) is 5.41 Å². The van der Waals surface area contributed by atoms with Gasteiger partial charge in [0, 0.05) is 20.1 Å². The lowest BCUT2D eigenvalue weighted by Crippen LogP contribution is -2.51. The van der Waals surface area contributed by atoms with Gasteiger partial charge in [-0.25, -0.2) is 0 Å². The molecular formula is C19H22N2O4. The molecule has 1 aromatic carbocycles. The molecule has 1 unspecified atom stereocenters. The minimum absolute atomic E-state index is 0.119. The van der Waals surface area contributed by atoms with E-state index >= 15 is 0 Å². The monoisotopic (exact) mass is 342 g/mol. The van der Waals surface area contributed by atoms with Gasteiger partial charge in [0.25, 0.3) is 0 Å². The molecule has 1 aliphatic carbocycles. The molecule has 0 saturated carbocycles. The van der Waals surface area contributed by atoms with Gasteiger partial charge < -0.3 is 14.9 Å². The molecule has 1 aliphatic heterocycles. The van der Waals surface area contributed by atoms with E-state index in [4.69, 9.17) is 0 Å². The number of allylic oxidation sites excluding steroid dienone is 2. The fourth-order valence-corrected chi connectivity index (χ4v) is 3.61. The lowest BCUT2D eigenvalue weighted by molar-refractivity contribution is -0.161. The number of carbonyl (C=O) groups excluding carboxylic acids is 2. The second-order valence-corrected chi connectivity index (χ2v) is 6.73. The lowest BCUT2D eigenvalue weighted by atomic mass is 9.83. The molecule has 0 radical (unpaired) electrons. The summed E-state index contributed by atoms with van der Waals surface area (Å²) < 4.78 is 0. The van der Waals surface area contributed by atoms with Crippen LogP contribution in [0.15, 0.2) is 42.5 Å². The molecule has 2 aliphatic rings. The van der Waals surface area contributed by atoms with Crippen molar-refractivity contribution in [2.75, 3.05) is 13.6 Å². The van der Waals surface area contributed by atoms with Crippen LogP contribution >= 0.6 is 0 Å². The number of likely N-dealkylation sites (N-methyl/N-ethyl adjacent to an activating group) is 1. The maximum absolute atomic E-state index is 12.8. The third-order valence-electron chi connectivity index (χ3n) is 5.19. The summed E-state index contributed by atoms with van der Waals surface area (Å²) >= 11 is 0. The predicted octanol–water partition coefficient (Wildman–Crippen LogP) is 1.67. The minimum atomic E-state index is -1.46. The van der Waals surface area contributed by atoms with Gasteiger partial charge in [-0.1, -0.05) is 42.5 Å². The average molecular weight is 342 g/mol. The Morgan fingerprint density at radius 2 is 1.88 bits per heavy atom. The van der Waals surface area contributed by atoms with Crippen LogP contribution in [-0.2, 0) is 20.9 Å². The number of hydrogen-bond acceptors (Lipinski definition) is 3. The molecule has 0 spiro atoms. The van der Waals surface area contributed by atoms with Crippen molar-refractivity contribution in [2.24, 2.45) is 5.41 Å². The Kier molecular flexibility index (Phi) is 4.61. The summed E-state index contributed by atoms with van der Waals surface area (Å²) in [5, 5.41) is 9.56. The first-order valence-corrected chi connectivity index (χ1v) is 8.44. The van der Waals surface area contributed by atoms with Crippen LogP contribution in [0.4, 0.5) is 0 Å². The zero-order valence-corrected chi connectivity index (χ0v) is 14.2.